The largest absolute Gasteiger partial charge is 0.350 e. The Morgan fingerprint density at radius 2 is 2.06 bits per heavy atom. The minimum atomic E-state index is -0.174. The summed E-state index contributed by atoms with van der Waals surface area (Å²) < 4.78 is 0. The molecular weight excluding hydrogens is 232 g/mol. The molecule has 0 radical (unpaired) electrons. The SMILES string of the molecule is Cc1ccc(CNC(C)C(=O)NC(C)(C)C)s1. The van der Waals surface area contributed by atoms with Gasteiger partial charge in [-0.15, -0.1) is 11.3 Å². The fraction of sp³-hybridized carbons (Fsp3) is 0.615. The van der Waals surface area contributed by atoms with E-state index < -0.39 is 0 Å². The number of rotatable bonds is 4. The number of amides is 1. The molecule has 96 valence electrons. The van der Waals surface area contributed by atoms with E-state index in [0.717, 1.165) is 6.54 Å². The molecule has 1 heterocycles. The maximum Gasteiger partial charge on any atom is 0.237 e. The molecule has 1 rings (SSSR count). The molecule has 17 heavy (non-hydrogen) atoms. The molecule has 1 atom stereocenters. The predicted octanol–water partition coefficient (Wildman–Crippen LogP) is 2.45. The van der Waals surface area contributed by atoms with Gasteiger partial charge in [0.05, 0.1) is 6.04 Å². The van der Waals surface area contributed by atoms with Crippen LogP contribution in [0.25, 0.3) is 0 Å². The van der Waals surface area contributed by atoms with Crippen molar-refractivity contribution in [3.05, 3.63) is 21.9 Å². The first-order chi connectivity index (χ1) is 7.78. The van der Waals surface area contributed by atoms with Crippen molar-refractivity contribution in [2.45, 2.75) is 52.7 Å². The third-order valence-electron chi connectivity index (χ3n) is 2.27. The van der Waals surface area contributed by atoms with E-state index in [-0.39, 0.29) is 17.5 Å². The summed E-state index contributed by atoms with van der Waals surface area (Å²) in [5.74, 6) is 0.0470. The average molecular weight is 254 g/mol. The zero-order valence-electron chi connectivity index (χ0n) is 11.3. The van der Waals surface area contributed by atoms with Crippen molar-refractivity contribution in [1.29, 1.82) is 0 Å². The molecule has 0 aliphatic carbocycles. The Morgan fingerprint density at radius 3 is 2.53 bits per heavy atom. The summed E-state index contributed by atoms with van der Waals surface area (Å²) >= 11 is 1.76. The average Bonchev–Trinajstić information content (AvgIpc) is 2.58. The first kappa shape index (κ1) is 14.2. The maximum atomic E-state index is 11.8. The number of hydrogen-bond acceptors (Lipinski definition) is 3. The van der Waals surface area contributed by atoms with Crippen LogP contribution in [0.15, 0.2) is 12.1 Å². The summed E-state index contributed by atoms with van der Waals surface area (Å²) in [5, 5.41) is 6.20. The van der Waals surface area contributed by atoms with Crippen LogP contribution in [0, 0.1) is 6.92 Å². The number of nitrogens with one attached hydrogen (secondary N) is 2. The molecule has 4 heteroatoms. The Morgan fingerprint density at radius 1 is 1.41 bits per heavy atom. The first-order valence-corrected chi connectivity index (χ1v) is 6.70. The van der Waals surface area contributed by atoms with E-state index in [2.05, 4.69) is 29.7 Å². The Balaban J connectivity index is 2.39. The summed E-state index contributed by atoms with van der Waals surface area (Å²) in [5.41, 5.74) is -0.174. The molecule has 1 aromatic rings. The van der Waals surface area contributed by atoms with Gasteiger partial charge in [0, 0.05) is 21.8 Å². The Kier molecular flexibility index (Phi) is 4.71. The number of hydrogen-bond donors (Lipinski definition) is 2. The molecule has 0 fully saturated rings. The van der Waals surface area contributed by atoms with Crippen molar-refractivity contribution in [1.82, 2.24) is 10.6 Å². The van der Waals surface area contributed by atoms with Crippen molar-refractivity contribution in [3.63, 3.8) is 0 Å². The van der Waals surface area contributed by atoms with Gasteiger partial charge in [0.2, 0.25) is 5.91 Å². The van der Waals surface area contributed by atoms with Crippen LogP contribution in [-0.2, 0) is 11.3 Å². The van der Waals surface area contributed by atoms with Crippen molar-refractivity contribution < 1.29 is 4.79 Å². The molecule has 0 spiro atoms. The predicted molar refractivity (Wildman–Crippen MR) is 73.3 cm³/mol. The van der Waals surface area contributed by atoms with E-state index in [0.29, 0.717) is 0 Å². The zero-order valence-corrected chi connectivity index (χ0v) is 12.1. The van der Waals surface area contributed by atoms with Gasteiger partial charge in [0.1, 0.15) is 0 Å². The van der Waals surface area contributed by atoms with Crippen LogP contribution >= 0.6 is 11.3 Å². The number of carbonyl (C=O) groups excluding carboxylic acids is 1. The highest BCUT2D eigenvalue weighted by atomic mass is 32.1. The van der Waals surface area contributed by atoms with E-state index in [1.54, 1.807) is 11.3 Å². The summed E-state index contributed by atoms with van der Waals surface area (Å²) in [6, 6.07) is 4.03. The van der Waals surface area contributed by atoms with Gasteiger partial charge >= 0.3 is 0 Å². The van der Waals surface area contributed by atoms with Crippen molar-refractivity contribution >= 4 is 17.2 Å². The molecule has 1 aromatic heterocycles. The highest BCUT2D eigenvalue weighted by molar-refractivity contribution is 7.11. The van der Waals surface area contributed by atoms with Crippen LogP contribution in [-0.4, -0.2) is 17.5 Å². The standard InChI is InChI=1S/C13H22N2OS/c1-9-6-7-11(17-9)8-14-10(2)12(16)15-13(3,4)5/h6-7,10,14H,8H2,1-5H3,(H,15,16). The molecule has 0 aliphatic heterocycles. The van der Waals surface area contributed by atoms with Crippen LogP contribution in [0.2, 0.25) is 0 Å². The molecule has 0 aliphatic rings. The second-order valence-corrected chi connectivity index (χ2v) is 6.73. The van der Waals surface area contributed by atoms with Gasteiger partial charge in [-0.2, -0.15) is 0 Å². The van der Waals surface area contributed by atoms with Gasteiger partial charge in [-0.3, -0.25) is 4.79 Å². The van der Waals surface area contributed by atoms with Crippen LogP contribution < -0.4 is 10.6 Å². The molecule has 3 nitrogen and oxygen atoms in total. The lowest BCUT2D eigenvalue weighted by Gasteiger charge is -2.23. The summed E-state index contributed by atoms with van der Waals surface area (Å²) in [4.78, 5) is 14.4. The number of carbonyl (C=O) groups is 1. The maximum absolute atomic E-state index is 11.8. The molecular formula is C13H22N2OS. The van der Waals surface area contributed by atoms with Gasteiger partial charge in [-0.1, -0.05) is 0 Å². The minimum Gasteiger partial charge on any atom is -0.350 e. The summed E-state index contributed by atoms with van der Waals surface area (Å²) in [6.07, 6.45) is 0. The normalized spacial score (nSPS) is 13.5. The molecule has 0 saturated carbocycles. The van der Waals surface area contributed by atoms with Crippen LogP contribution in [0.3, 0.4) is 0 Å². The number of aryl methyl sites for hydroxylation is 1. The molecule has 2 N–H and O–H groups in total. The Bertz CT molecular complexity index is 379. The molecule has 1 unspecified atom stereocenters. The van der Waals surface area contributed by atoms with E-state index in [1.807, 2.05) is 27.7 Å². The van der Waals surface area contributed by atoms with E-state index in [4.69, 9.17) is 0 Å². The monoisotopic (exact) mass is 254 g/mol. The Labute approximate surface area is 108 Å². The third kappa shape index (κ3) is 5.33. The lowest BCUT2D eigenvalue weighted by atomic mass is 10.1. The lowest BCUT2D eigenvalue weighted by Crippen LogP contribution is -2.49. The minimum absolute atomic E-state index is 0.0470. The number of thiophene rings is 1. The summed E-state index contributed by atoms with van der Waals surface area (Å²) in [7, 11) is 0. The van der Waals surface area contributed by atoms with Crippen molar-refractivity contribution in [2.24, 2.45) is 0 Å². The topological polar surface area (TPSA) is 41.1 Å². The fourth-order valence-corrected chi connectivity index (χ4v) is 2.25. The molecule has 0 aromatic carbocycles. The zero-order chi connectivity index (χ0) is 13.1. The lowest BCUT2D eigenvalue weighted by molar-refractivity contribution is -0.124. The van der Waals surface area contributed by atoms with Crippen LogP contribution in [0.1, 0.15) is 37.4 Å². The fourth-order valence-electron chi connectivity index (χ4n) is 1.40. The van der Waals surface area contributed by atoms with Gasteiger partial charge in [-0.25, -0.2) is 0 Å². The third-order valence-corrected chi connectivity index (χ3v) is 3.27. The van der Waals surface area contributed by atoms with Crippen molar-refractivity contribution in [2.75, 3.05) is 0 Å². The van der Waals surface area contributed by atoms with Gasteiger partial charge in [0.15, 0.2) is 0 Å². The smallest absolute Gasteiger partial charge is 0.237 e. The summed E-state index contributed by atoms with van der Waals surface area (Å²) in [6.45, 7) is 10.7. The van der Waals surface area contributed by atoms with E-state index >= 15 is 0 Å². The molecule has 1 amide bonds. The van der Waals surface area contributed by atoms with Crippen LogP contribution in [0.5, 0.6) is 0 Å². The molecule has 0 saturated heterocycles. The van der Waals surface area contributed by atoms with Gasteiger partial charge in [0.25, 0.3) is 0 Å². The second kappa shape index (κ2) is 5.65. The Hall–Kier alpha value is -0.870. The first-order valence-electron chi connectivity index (χ1n) is 5.88. The van der Waals surface area contributed by atoms with Crippen molar-refractivity contribution in [3.8, 4) is 0 Å². The van der Waals surface area contributed by atoms with Gasteiger partial charge in [-0.05, 0) is 46.8 Å². The second-order valence-electron chi connectivity index (χ2n) is 5.35. The quantitative estimate of drug-likeness (QED) is 0.866. The van der Waals surface area contributed by atoms with Crippen LogP contribution in [0.4, 0.5) is 0 Å². The van der Waals surface area contributed by atoms with E-state index in [1.165, 1.54) is 9.75 Å². The van der Waals surface area contributed by atoms with Gasteiger partial charge < -0.3 is 10.6 Å². The van der Waals surface area contributed by atoms with E-state index in [9.17, 15) is 4.79 Å². The molecule has 0 bridgehead atoms. The highest BCUT2D eigenvalue weighted by Crippen LogP contribution is 2.14. The highest BCUT2D eigenvalue weighted by Gasteiger charge is 2.18.